The van der Waals surface area contributed by atoms with E-state index in [0.29, 0.717) is 6.04 Å². The lowest BCUT2D eigenvalue weighted by Gasteiger charge is -2.37. The number of nitrogens with zero attached hydrogens (tertiary/aromatic N) is 2. The average molecular weight is 227 g/mol. The first-order valence-electron chi connectivity index (χ1n) is 6.44. The van der Waals surface area contributed by atoms with Gasteiger partial charge >= 0.3 is 0 Å². The maximum Gasteiger partial charge on any atom is 0.0630 e. The third-order valence-corrected chi connectivity index (χ3v) is 3.63. The maximum atomic E-state index is 5.34. The topological polar surface area (TPSA) is 27.7 Å². The van der Waals surface area contributed by atoms with Crippen LogP contribution in [0.1, 0.15) is 12.8 Å². The Hall–Kier alpha value is -0.160. The summed E-state index contributed by atoms with van der Waals surface area (Å²) in [5.74, 6) is 0. The second kappa shape index (κ2) is 5.96. The van der Waals surface area contributed by atoms with Gasteiger partial charge in [-0.05, 0) is 19.9 Å². The van der Waals surface area contributed by atoms with Crippen LogP contribution in [-0.2, 0) is 4.74 Å². The molecule has 0 aromatic heterocycles. The van der Waals surface area contributed by atoms with Crippen molar-refractivity contribution in [2.75, 3.05) is 53.5 Å². The van der Waals surface area contributed by atoms with Gasteiger partial charge in [-0.25, -0.2) is 0 Å². The molecule has 0 radical (unpaired) electrons. The van der Waals surface area contributed by atoms with E-state index in [9.17, 15) is 0 Å². The van der Waals surface area contributed by atoms with Gasteiger partial charge in [-0.15, -0.1) is 0 Å². The van der Waals surface area contributed by atoms with Gasteiger partial charge in [-0.3, -0.25) is 4.90 Å². The van der Waals surface area contributed by atoms with Crippen LogP contribution in [-0.4, -0.2) is 75.4 Å². The van der Waals surface area contributed by atoms with Crippen molar-refractivity contribution in [1.82, 2.24) is 15.1 Å². The molecule has 1 saturated heterocycles. The van der Waals surface area contributed by atoms with Crippen LogP contribution in [0.4, 0.5) is 0 Å². The molecule has 0 aromatic rings. The summed E-state index contributed by atoms with van der Waals surface area (Å²) in [6, 6.07) is 1.35. The summed E-state index contributed by atoms with van der Waals surface area (Å²) in [5, 5.41) is 3.61. The van der Waals surface area contributed by atoms with Gasteiger partial charge in [0.1, 0.15) is 0 Å². The molecule has 0 aromatic carbocycles. The zero-order valence-corrected chi connectivity index (χ0v) is 10.6. The van der Waals surface area contributed by atoms with Crippen LogP contribution < -0.4 is 5.32 Å². The zero-order valence-electron chi connectivity index (χ0n) is 10.6. The Labute approximate surface area is 98.9 Å². The van der Waals surface area contributed by atoms with E-state index < -0.39 is 0 Å². The van der Waals surface area contributed by atoms with Crippen LogP contribution in [0.2, 0.25) is 0 Å². The highest BCUT2D eigenvalue weighted by atomic mass is 16.5. The van der Waals surface area contributed by atoms with Gasteiger partial charge in [0.05, 0.1) is 6.61 Å². The van der Waals surface area contributed by atoms with Gasteiger partial charge in [0.2, 0.25) is 0 Å². The maximum absolute atomic E-state index is 5.34. The van der Waals surface area contributed by atoms with Crippen molar-refractivity contribution in [2.24, 2.45) is 0 Å². The van der Waals surface area contributed by atoms with Crippen molar-refractivity contribution in [2.45, 2.75) is 24.9 Å². The Bertz CT molecular complexity index is 200. The van der Waals surface area contributed by atoms with Crippen LogP contribution >= 0.6 is 0 Å². The van der Waals surface area contributed by atoms with E-state index in [1.54, 1.807) is 7.11 Å². The second-order valence-electron chi connectivity index (χ2n) is 5.13. The van der Waals surface area contributed by atoms with E-state index in [0.717, 1.165) is 19.2 Å². The number of methoxy groups -OCH3 is 1. The van der Waals surface area contributed by atoms with E-state index in [2.05, 4.69) is 22.2 Å². The molecule has 16 heavy (non-hydrogen) atoms. The van der Waals surface area contributed by atoms with Crippen LogP contribution in [0, 0.1) is 0 Å². The Morgan fingerprint density at radius 3 is 2.50 bits per heavy atom. The molecule has 0 amide bonds. The van der Waals surface area contributed by atoms with Gasteiger partial charge < -0.3 is 15.0 Å². The number of rotatable bonds is 6. The minimum absolute atomic E-state index is 0.555. The fourth-order valence-electron chi connectivity index (χ4n) is 2.26. The van der Waals surface area contributed by atoms with E-state index in [1.807, 2.05) is 0 Å². The van der Waals surface area contributed by atoms with E-state index >= 15 is 0 Å². The Morgan fingerprint density at radius 1 is 1.25 bits per heavy atom. The lowest BCUT2D eigenvalue weighted by atomic mass is 10.2. The summed E-state index contributed by atoms with van der Waals surface area (Å²) in [6.45, 7) is 6.66. The number of hydrogen-bond acceptors (Lipinski definition) is 4. The molecule has 4 nitrogen and oxygen atoms in total. The van der Waals surface area contributed by atoms with Crippen molar-refractivity contribution < 1.29 is 4.74 Å². The quantitative estimate of drug-likeness (QED) is 0.691. The third kappa shape index (κ3) is 3.70. The van der Waals surface area contributed by atoms with Crippen molar-refractivity contribution in [3.63, 3.8) is 0 Å². The SMILES string of the molecule is COCC(CNC1CC1)N1CCN(C)CC1. The molecular weight excluding hydrogens is 202 g/mol. The fourth-order valence-corrected chi connectivity index (χ4v) is 2.26. The molecule has 1 N–H and O–H groups in total. The summed E-state index contributed by atoms with van der Waals surface area (Å²) in [7, 11) is 4.01. The number of ether oxygens (including phenoxy) is 1. The molecule has 2 rings (SSSR count). The van der Waals surface area contributed by atoms with Gasteiger partial charge in [0.15, 0.2) is 0 Å². The molecule has 1 aliphatic heterocycles. The third-order valence-electron chi connectivity index (χ3n) is 3.63. The molecule has 1 saturated carbocycles. The van der Waals surface area contributed by atoms with E-state index in [4.69, 9.17) is 4.74 Å². The van der Waals surface area contributed by atoms with Gasteiger partial charge in [0, 0.05) is 51.9 Å². The summed E-state index contributed by atoms with van der Waals surface area (Å²) >= 11 is 0. The molecule has 2 fully saturated rings. The van der Waals surface area contributed by atoms with Crippen LogP contribution in [0.25, 0.3) is 0 Å². The predicted octanol–water partition coefficient (Wildman–Crippen LogP) is 0.000800. The minimum atomic E-state index is 0.555. The minimum Gasteiger partial charge on any atom is -0.383 e. The van der Waals surface area contributed by atoms with E-state index in [1.165, 1.54) is 39.0 Å². The highest BCUT2D eigenvalue weighted by Gasteiger charge is 2.26. The summed E-state index contributed by atoms with van der Waals surface area (Å²) < 4.78 is 5.34. The molecular formula is C12H25N3O. The number of hydrogen-bond donors (Lipinski definition) is 1. The Kier molecular flexibility index (Phi) is 4.58. The smallest absolute Gasteiger partial charge is 0.0630 e. The second-order valence-corrected chi connectivity index (χ2v) is 5.13. The largest absolute Gasteiger partial charge is 0.383 e. The first kappa shape index (κ1) is 12.3. The fraction of sp³-hybridized carbons (Fsp3) is 1.00. The highest BCUT2D eigenvalue weighted by Crippen LogP contribution is 2.18. The number of nitrogens with one attached hydrogen (secondary N) is 1. The first-order chi connectivity index (χ1) is 7.79. The molecule has 0 spiro atoms. The normalized spacial score (nSPS) is 25.9. The Morgan fingerprint density at radius 2 is 1.94 bits per heavy atom. The Balaban J connectivity index is 1.75. The number of likely N-dealkylation sites (N-methyl/N-ethyl adjacent to an activating group) is 1. The molecule has 0 bridgehead atoms. The zero-order chi connectivity index (χ0) is 11.4. The van der Waals surface area contributed by atoms with Crippen molar-refractivity contribution in [1.29, 1.82) is 0 Å². The summed E-state index contributed by atoms with van der Waals surface area (Å²) in [6.07, 6.45) is 2.73. The van der Waals surface area contributed by atoms with Crippen LogP contribution in [0.5, 0.6) is 0 Å². The lowest BCUT2D eigenvalue weighted by Crippen LogP contribution is -2.53. The standard InChI is InChI=1S/C12H25N3O/c1-14-5-7-15(8-6-14)12(10-16-2)9-13-11-3-4-11/h11-13H,3-10H2,1-2H3. The lowest BCUT2D eigenvalue weighted by molar-refractivity contribution is 0.0563. The molecule has 94 valence electrons. The van der Waals surface area contributed by atoms with Crippen LogP contribution in [0.3, 0.4) is 0 Å². The number of piperazine rings is 1. The van der Waals surface area contributed by atoms with Gasteiger partial charge in [-0.1, -0.05) is 0 Å². The molecule has 4 heteroatoms. The summed E-state index contributed by atoms with van der Waals surface area (Å²) in [5.41, 5.74) is 0. The van der Waals surface area contributed by atoms with Crippen molar-refractivity contribution in [3.8, 4) is 0 Å². The summed E-state index contributed by atoms with van der Waals surface area (Å²) in [4.78, 5) is 4.97. The molecule has 1 aliphatic carbocycles. The predicted molar refractivity (Wildman–Crippen MR) is 65.8 cm³/mol. The van der Waals surface area contributed by atoms with Crippen molar-refractivity contribution >= 4 is 0 Å². The average Bonchev–Trinajstić information content (AvgIpc) is 3.09. The first-order valence-corrected chi connectivity index (χ1v) is 6.44. The van der Waals surface area contributed by atoms with Gasteiger partial charge in [-0.2, -0.15) is 0 Å². The van der Waals surface area contributed by atoms with E-state index in [-0.39, 0.29) is 0 Å². The van der Waals surface area contributed by atoms with Crippen LogP contribution in [0.15, 0.2) is 0 Å². The van der Waals surface area contributed by atoms with Gasteiger partial charge in [0.25, 0.3) is 0 Å². The highest BCUT2D eigenvalue weighted by molar-refractivity contribution is 4.85. The molecule has 2 aliphatic rings. The molecule has 1 heterocycles. The van der Waals surface area contributed by atoms with Crippen molar-refractivity contribution in [3.05, 3.63) is 0 Å². The monoisotopic (exact) mass is 227 g/mol. The molecule has 1 unspecified atom stereocenters. The molecule has 1 atom stereocenters.